The molecule has 0 spiro atoms. The molecule has 1 aliphatic carbocycles. The molecule has 2 N–H and O–H groups in total. The summed E-state index contributed by atoms with van der Waals surface area (Å²) in [4.78, 5) is 23.5. The number of carboxylic acid groups (broad SMARTS) is 1. The summed E-state index contributed by atoms with van der Waals surface area (Å²) in [6.45, 7) is 3.92. The van der Waals surface area contributed by atoms with Crippen molar-refractivity contribution in [3.8, 4) is 5.75 Å². The van der Waals surface area contributed by atoms with Crippen LogP contribution in [0.1, 0.15) is 53.1 Å². The Bertz CT molecular complexity index is 856. The number of aliphatic carboxylic acids is 1. The van der Waals surface area contributed by atoms with Gasteiger partial charge in [-0.25, -0.2) is 4.39 Å². The van der Waals surface area contributed by atoms with Crippen LogP contribution in [0.5, 0.6) is 5.75 Å². The molecule has 0 bridgehead atoms. The second kappa shape index (κ2) is 7.82. The lowest BCUT2D eigenvalue weighted by Crippen LogP contribution is -2.28. The molecule has 6 nitrogen and oxygen atoms in total. The van der Waals surface area contributed by atoms with Crippen molar-refractivity contribution in [1.29, 1.82) is 0 Å². The molecule has 1 aromatic heterocycles. The lowest BCUT2D eigenvalue weighted by atomic mass is 10.1. The Labute approximate surface area is 156 Å². The molecular weight excluding hydrogens is 353 g/mol. The van der Waals surface area contributed by atoms with E-state index in [1.807, 2.05) is 0 Å². The third-order valence-electron chi connectivity index (χ3n) is 4.56. The number of hydrogen-bond acceptors (Lipinski definition) is 4. The molecule has 144 valence electrons. The van der Waals surface area contributed by atoms with Crippen LogP contribution in [0.2, 0.25) is 0 Å². The Kier molecular flexibility index (Phi) is 5.48. The van der Waals surface area contributed by atoms with E-state index in [9.17, 15) is 14.0 Å². The maximum Gasteiger partial charge on any atom is 0.311 e. The van der Waals surface area contributed by atoms with E-state index in [1.54, 1.807) is 26.0 Å². The first-order valence-electron chi connectivity index (χ1n) is 8.87. The van der Waals surface area contributed by atoms with Gasteiger partial charge in [-0.2, -0.15) is 0 Å². The Morgan fingerprint density at radius 3 is 2.78 bits per heavy atom. The summed E-state index contributed by atoms with van der Waals surface area (Å²) in [7, 11) is 0. The quantitative estimate of drug-likeness (QED) is 0.735. The zero-order valence-electron chi connectivity index (χ0n) is 15.3. The molecule has 0 saturated heterocycles. The van der Waals surface area contributed by atoms with Crippen molar-refractivity contribution in [1.82, 2.24) is 5.32 Å². The Hall–Kier alpha value is -2.83. The van der Waals surface area contributed by atoms with Gasteiger partial charge in [0, 0.05) is 5.56 Å². The van der Waals surface area contributed by atoms with Gasteiger partial charge in [0.25, 0.3) is 5.91 Å². The summed E-state index contributed by atoms with van der Waals surface area (Å²) in [6, 6.07) is 4.13. The van der Waals surface area contributed by atoms with Crippen molar-refractivity contribution in [2.75, 3.05) is 6.61 Å². The van der Waals surface area contributed by atoms with Crippen molar-refractivity contribution < 1.29 is 28.2 Å². The average Bonchev–Trinajstić information content (AvgIpc) is 3.36. The summed E-state index contributed by atoms with van der Waals surface area (Å²) in [6.07, 6.45) is 3.22. The summed E-state index contributed by atoms with van der Waals surface area (Å²) in [5.74, 6) is -1.19. The SMILES string of the molecule is Cc1coc(CC(=O)O)c1C(=O)NC(C)c1ccc(OCC2CC2)c(F)c1. The molecule has 0 aliphatic heterocycles. The number of halogens is 1. The minimum absolute atomic E-state index is 0.0969. The molecule has 1 saturated carbocycles. The normalized spacial score (nSPS) is 14.6. The average molecular weight is 375 g/mol. The minimum Gasteiger partial charge on any atom is -0.490 e. The summed E-state index contributed by atoms with van der Waals surface area (Å²) in [5, 5.41) is 11.7. The Morgan fingerprint density at radius 1 is 1.41 bits per heavy atom. The fourth-order valence-corrected chi connectivity index (χ4v) is 2.82. The second-order valence-electron chi connectivity index (χ2n) is 6.93. The smallest absolute Gasteiger partial charge is 0.311 e. The first kappa shape index (κ1) is 18.9. The number of hydrogen-bond donors (Lipinski definition) is 2. The van der Waals surface area contributed by atoms with Crippen LogP contribution in [0.3, 0.4) is 0 Å². The molecule has 1 heterocycles. The van der Waals surface area contributed by atoms with E-state index in [1.165, 1.54) is 12.3 Å². The molecule has 3 rings (SSSR count). The number of carboxylic acids is 1. The number of rotatable bonds is 8. The molecule has 1 aromatic carbocycles. The highest BCUT2D eigenvalue weighted by Gasteiger charge is 2.24. The second-order valence-corrected chi connectivity index (χ2v) is 6.93. The molecule has 2 aromatic rings. The first-order valence-corrected chi connectivity index (χ1v) is 8.87. The molecule has 1 unspecified atom stereocenters. The van der Waals surface area contributed by atoms with E-state index in [2.05, 4.69) is 5.32 Å². The lowest BCUT2D eigenvalue weighted by Gasteiger charge is -2.16. The van der Waals surface area contributed by atoms with E-state index in [4.69, 9.17) is 14.3 Å². The molecule has 27 heavy (non-hydrogen) atoms. The fourth-order valence-electron chi connectivity index (χ4n) is 2.82. The van der Waals surface area contributed by atoms with Crippen molar-refractivity contribution in [2.45, 2.75) is 39.2 Å². The van der Waals surface area contributed by atoms with Gasteiger partial charge in [0.2, 0.25) is 0 Å². The fraction of sp³-hybridized carbons (Fsp3) is 0.400. The van der Waals surface area contributed by atoms with Crippen molar-refractivity contribution in [3.63, 3.8) is 0 Å². The molecular formula is C20H22FNO5. The number of benzene rings is 1. The molecule has 1 aliphatic rings. The van der Waals surface area contributed by atoms with Crippen molar-refractivity contribution in [2.24, 2.45) is 5.92 Å². The standard InChI is InChI=1S/C20H22FNO5/c1-11-9-26-17(8-18(23)24)19(11)20(25)22-12(2)14-5-6-16(15(21)7-14)27-10-13-3-4-13/h5-7,9,12-13H,3-4,8,10H2,1-2H3,(H,22,25)(H,23,24). The van der Waals surface area contributed by atoms with Gasteiger partial charge in [-0.1, -0.05) is 6.07 Å². The largest absolute Gasteiger partial charge is 0.490 e. The summed E-state index contributed by atoms with van der Waals surface area (Å²) >= 11 is 0. The van der Waals surface area contributed by atoms with E-state index < -0.39 is 23.7 Å². The number of carbonyl (C=O) groups excluding carboxylic acids is 1. The highest BCUT2D eigenvalue weighted by molar-refractivity contribution is 5.97. The maximum atomic E-state index is 14.2. The predicted molar refractivity (Wildman–Crippen MR) is 95.3 cm³/mol. The van der Waals surface area contributed by atoms with Crippen LogP contribution in [0.4, 0.5) is 4.39 Å². The highest BCUT2D eigenvalue weighted by atomic mass is 19.1. The van der Waals surface area contributed by atoms with Crippen LogP contribution in [0.15, 0.2) is 28.9 Å². The summed E-state index contributed by atoms with van der Waals surface area (Å²) in [5.41, 5.74) is 1.33. The topological polar surface area (TPSA) is 88.8 Å². The molecule has 1 fully saturated rings. The van der Waals surface area contributed by atoms with Gasteiger partial charge in [0.1, 0.15) is 12.2 Å². The lowest BCUT2D eigenvalue weighted by molar-refractivity contribution is -0.136. The summed E-state index contributed by atoms with van der Waals surface area (Å²) < 4.78 is 24.9. The maximum absolute atomic E-state index is 14.2. The van der Waals surface area contributed by atoms with Crippen molar-refractivity contribution >= 4 is 11.9 Å². The minimum atomic E-state index is -1.09. The zero-order valence-corrected chi connectivity index (χ0v) is 15.3. The Balaban J connectivity index is 1.68. The van der Waals surface area contributed by atoms with Crippen molar-refractivity contribution in [3.05, 3.63) is 52.7 Å². The Morgan fingerprint density at radius 2 is 2.15 bits per heavy atom. The zero-order chi connectivity index (χ0) is 19.6. The number of amides is 1. The van der Waals surface area contributed by atoms with Crippen LogP contribution in [0.25, 0.3) is 0 Å². The molecule has 1 amide bonds. The van der Waals surface area contributed by atoms with Gasteiger partial charge in [-0.05, 0) is 50.3 Å². The van der Waals surface area contributed by atoms with Crippen LogP contribution < -0.4 is 10.1 Å². The van der Waals surface area contributed by atoms with Crippen LogP contribution in [-0.2, 0) is 11.2 Å². The van der Waals surface area contributed by atoms with Crippen LogP contribution >= 0.6 is 0 Å². The van der Waals surface area contributed by atoms with Crippen LogP contribution in [-0.4, -0.2) is 23.6 Å². The van der Waals surface area contributed by atoms with E-state index in [0.29, 0.717) is 23.7 Å². The third-order valence-corrected chi connectivity index (χ3v) is 4.56. The van der Waals surface area contributed by atoms with Gasteiger partial charge >= 0.3 is 5.97 Å². The van der Waals surface area contributed by atoms with Gasteiger partial charge in [0.15, 0.2) is 11.6 Å². The van der Waals surface area contributed by atoms with Gasteiger partial charge in [0.05, 0.1) is 24.5 Å². The number of nitrogens with one attached hydrogen (secondary N) is 1. The number of furan rings is 1. The number of aryl methyl sites for hydroxylation is 1. The molecule has 7 heteroatoms. The molecule has 1 atom stereocenters. The number of ether oxygens (including phenoxy) is 1. The number of carbonyl (C=O) groups is 2. The van der Waals surface area contributed by atoms with E-state index in [-0.39, 0.29) is 23.5 Å². The molecule has 0 radical (unpaired) electrons. The monoisotopic (exact) mass is 375 g/mol. The van der Waals surface area contributed by atoms with Crippen LogP contribution in [0, 0.1) is 18.7 Å². The van der Waals surface area contributed by atoms with Gasteiger partial charge < -0.3 is 19.6 Å². The third kappa shape index (κ3) is 4.67. The highest BCUT2D eigenvalue weighted by Crippen LogP contribution is 2.30. The van der Waals surface area contributed by atoms with E-state index in [0.717, 1.165) is 12.8 Å². The predicted octanol–water partition coefficient (Wildman–Crippen LogP) is 3.63. The van der Waals surface area contributed by atoms with Gasteiger partial charge in [-0.15, -0.1) is 0 Å². The van der Waals surface area contributed by atoms with E-state index >= 15 is 0 Å². The first-order chi connectivity index (χ1) is 12.8. The van der Waals surface area contributed by atoms with Gasteiger partial charge in [-0.3, -0.25) is 9.59 Å².